The smallest absolute Gasteiger partial charge is 0.280 e. The molecule has 2 aliphatic rings. The van der Waals surface area contributed by atoms with Crippen LogP contribution in [0.25, 0.3) is 0 Å². The first kappa shape index (κ1) is 15.6. The van der Waals surface area contributed by atoms with Gasteiger partial charge < -0.3 is 23.9 Å². The normalized spacial score (nSPS) is 21.7. The summed E-state index contributed by atoms with van der Waals surface area (Å²) in [7, 11) is 1.47. The van der Waals surface area contributed by atoms with E-state index in [2.05, 4.69) is 10.3 Å². The molecule has 0 aromatic heterocycles. The van der Waals surface area contributed by atoms with Gasteiger partial charge in [0.25, 0.3) is 5.90 Å². The number of oxime groups is 2. The first-order valence-corrected chi connectivity index (χ1v) is 7.70. The van der Waals surface area contributed by atoms with Gasteiger partial charge in [-0.05, 0) is 30.1 Å². The molecule has 7 nitrogen and oxygen atoms in total. The van der Waals surface area contributed by atoms with Gasteiger partial charge in [0.05, 0.1) is 12.2 Å². The highest BCUT2D eigenvalue weighted by Crippen LogP contribution is 2.25. The zero-order valence-electron chi connectivity index (χ0n) is 13.1. The lowest BCUT2D eigenvalue weighted by Gasteiger charge is -2.25. The highest BCUT2D eigenvalue weighted by Gasteiger charge is 2.24. The van der Waals surface area contributed by atoms with E-state index in [4.69, 9.17) is 23.9 Å². The second-order valence-electron chi connectivity index (χ2n) is 5.11. The minimum Gasteiger partial charge on any atom is -0.470 e. The van der Waals surface area contributed by atoms with E-state index in [1.54, 1.807) is 0 Å². The topological polar surface area (TPSA) is 70.9 Å². The van der Waals surface area contributed by atoms with Crippen LogP contribution < -0.4 is 4.74 Å². The highest BCUT2D eigenvalue weighted by molar-refractivity contribution is 6.45. The standard InChI is InChI=1S/C16H20N2O5/c1-19-17-15(16-18-22-11-10-21-16)12-6-2-3-7-13(12)23-14-8-4-5-9-20-14/h2-3,6-7,14H,4-5,8-11H2,1H3. The number of nitrogens with zero attached hydrogens (tertiary/aromatic N) is 2. The first-order chi connectivity index (χ1) is 11.4. The lowest BCUT2D eigenvalue weighted by atomic mass is 10.1. The van der Waals surface area contributed by atoms with Crippen LogP contribution in [0.4, 0.5) is 0 Å². The molecule has 1 unspecified atom stereocenters. The van der Waals surface area contributed by atoms with Gasteiger partial charge in [0.2, 0.25) is 0 Å². The van der Waals surface area contributed by atoms with E-state index in [0.29, 0.717) is 30.2 Å². The van der Waals surface area contributed by atoms with Crippen LogP contribution >= 0.6 is 0 Å². The minimum atomic E-state index is -0.251. The molecule has 2 heterocycles. The van der Waals surface area contributed by atoms with E-state index in [9.17, 15) is 0 Å². The Hall–Kier alpha value is -2.28. The fourth-order valence-electron chi connectivity index (χ4n) is 2.42. The predicted molar refractivity (Wildman–Crippen MR) is 83.5 cm³/mol. The largest absolute Gasteiger partial charge is 0.470 e. The zero-order chi connectivity index (χ0) is 15.9. The van der Waals surface area contributed by atoms with Crippen LogP contribution in [0.1, 0.15) is 24.8 Å². The van der Waals surface area contributed by atoms with Crippen molar-refractivity contribution in [1.82, 2.24) is 0 Å². The molecule has 3 rings (SSSR count). The summed E-state index contributed by atoms with van der Waals surface area (Å²) < 4.78 is 17.2. The van der Waals surface area contributed by atoms with Gasteiger partial charge in [-0.2, -0.15) is 0 Å². The molecule has 0 bridgehead atoms. The average molecular weight is 320 g/mol. The van der Waals surface area contributed by atoms with Crippen molar-refractivity contribution in [2.75, 3.05) is 26.9 Å². The van der Waals surface area contributed by atoms with Crippen molar-refractivity contribution in [3.63, 3.8) is 0 Å². The number of hydrogen-bond donors (Lipinski definition) is 0. The summed E-state index contributed by atoms with van der Waals surface area (Å²) in [6, 6.07) is 7.52. The number of rotatable bonds is 5. The Balaban J connectivity index is 1.87. The third-order valence-electron chi connectivity index (χ3n) is 3.48. The van der Waals surface area contributed by atoms with Crippen LogP contribution in [0.5, 0.6) is 5.75 Å². The Labute approximate surface area is 134 Å². The summed E-state index contributed by atoms with van der Waals surface area (Å²) in [6.07, 6.45) is 2.78. The van der Waals surface area contributed by atoms with E-state index >= 15 is 0 Å². The molecule has 1 saturated heterocycles. The van der Waals surface area contributed by atoms with Gasteiger partial charge in [-0.3, -0.25) is 0 Å². The SMILES string of the molecule is CON=C(C1=NOCCO1)c1ccccc1OC1CCCCO1. The fourth-order valence-corrected chi connectivity index (χ4v) is 2.42. The van der Waals surface area contributed by atoms with Gasteiger partial charge in [-0.15, -0.1) is 0 Å². The average Bonchev–Trinajstić information content (AvgIpc) is 2.62. The Kier molecular flexibility index (Phi) is 5.31. The summed E-state index contributed by atoms with van der Waals surface area (Å²) in [4.78, 5) is 10.0. The van der Waals surface area contributed by atoms with Crippen molar-refractivity contribution in [1.29, 1.82) is 0 Å². The summed E-state index contributed by atoms with van der Waals surface area (Å²) >= 11 is 0. The maximum atomic E-state index is 5.99. The summed E-state index contributed by atoms with van der Waals surface area (Å²) in [5, 5.41) is 7.94. The van der Waals surface area contributed by atoms with Crippen LogP contribution in [0, 0.1) is 0 Å². The van der Waals surface area contributed by atoms with E-state index < -0.39 is 0 Å². The second kappa shape index (κ2) is 7.82. The molecule has 0 radical (unpaired) electrons. The van der Waals surface area contributed by atoms with Crippen LogP contribution in [0.3, 0.4) is 0 Å². The van der Waals surface area contributed by atoms with Crippen molar-refractivity contribution in [2.24, 2.45) is 10.3 Å². The molecule has 1 atom stereocenters. The summed E-state index contributed by atoms with van der Waals surface area (Å²) in [6.45, 7) is 1.55. The molecule has 1 aromatic carbocycles. The molecule has 0 spiro atoms. The second-order valence-corrected chi connectivity index (χ2v) is 5.11. The van der Waals surface area contributed by atoms with Gasteiger partial charge >= 0.3 is 0 Å². The Bertz CT molecular complexity index is 582. The molecule has 124 valence electrons. The van der Waals surface area contributed by atoms with Crippen molar-refractivity contribution in [3.8, 4) is 5.75 Å². The van der Waals surface area contributed by atoms with E-state index in [-0.39, 0.29) is 12.2 Å². The third kappa shape index (κ3) is 3.92. The highest BCUT2D eigenvalue weighted by atomic mass is 16.7. The number of para-hydroxylation sites is 1. The van der Waals surface area contributed by atoms with E-state index in [0.717, 1.165) is 25.9 Å². The molecule has 1 aromatic rings. The Morgan fingerprint density at radius 2 is 2.13 bits per heavy atom. The van der Waals surface area contributed by atoms with E-state index in [1.165, 1.54) is 7.11 Å². The molecular formula is C16H20N2O5. The monoisotopic (exact) mass is 320 g/mol. The van der Waals surface area contributed by atoms with Gasteiger partial charge in [-0.1, -0.05) is 17.3 Å². The fraction of sp³-hybridized carbons (Fsp3) is 0.500. The van der Waals surface area contributed by atoms with Crippen molar-refractivity contribution < 1.29 is 23.9 Å². The molecule has 7 heteroatoms. The van der Waals surface area contributed by atoms with Gasteiger partial charge in [0.15, 0.2) is 18.6 Å². The Morgan fingerprint density at radius 1 is 1.22 bits per heavy atom. The number of ether oxygens (including phenoxy) is 3. The number of benzene rings is 1. The van der Waals surface area contributed by atoms with Crippen LogP contribution in [0.2, 0.25) is 0 Å². The van der Waals surface area contributed by atoms with Crippen molar-refractivity contribution in [2.45, 2.75) is 25.6 Å². The first-order valence-electron chi connectivity index (χ1n) is 7.70. The molecule has 0 amide bonds. The molecule has 0 N–H and O–H groups in total. The van der Waals surface area contributed by atoms with Crippen molar-refractivity contribution in [3.05, 3.63) is 29.8 Å². The quantitative estimate of drug-likeness (QED) is 0.615. The minimum absolute atomic E-state index is 0.251. The molecule has 0 aliphatic carbocycles. The predicted octanol–water partition coefficient (Wildman–Crippen LogP) is 2.30. The van der Waals surface area contributed by atoms with Crippen LogP contribution in [-0.4, -0.2) is 44.8 Å². The lowest BCUT2D eigenvalue weighted by molar-refractivity contribution is -0.106. The maximum absolute atomic E-state index is 5.99. The molecular weight excluding hydrogens is 300 g/mol. The summed E-state index contributed by atoms with van der Waals surface area (Å²) in [5.74, 6) is 0.922. The van der Waals surface area contributed by atoms with Crippen LogP contribution in [-0.2, 0) is 19.1 Å². The Morgan fingerprint density at radius 3 is 2.87 bits per heavy atom. The molecule has 1 fully saturated rings. The van der Waals surface area contributed by atoms with Crippen LogP contribution in [0.15, 0.2) is 34.6 Å². The molecule has 23 heavy (non-hydrogen) atoms. The van der Waals surface area contributed by atoms with Crippen molar-refractivity contribution >= 4 is 11.6 Å². The van der Waals surface area contributed by atoms with Gasteiger partial charge in [0.1, 0.15) is 19.5 Å². The van der Waals surface area contributed by atoms with Gasteiger partial charge in [0, 0.05) is 6.42 Å². The third-order valence-corrected chi connectivity index (χ3v) is 3.48. The summed E-state index contributed by atoms with van der Waals surface area (Å²) in [5.41, 5.74) is 1.14. The number of hydrogen-bond acceptors (Lipinski definition) is 7. The molecule has 2 aliphatic heterocycles. The van der Waals surface area contributed by atoms with E-state index in [1.807, 2.05) is 24.3 Å². The molecule has 0 saturated carbocycles. The maximum Gasteiger partial charge on any atom is 0.280 e. The van der Waals surface area contributed by atoms with Gasteiger partial charge in [-0.25, -0.2) is 0 Å². The lowest BCUT2D eigenvalue weighted by Crippen LogP contribution is -2.28. The zero-order valence-corrected chi connectivity index (χ0v) is 13.1.